The summed E-state index contributed by atoms with van der Waals surface area (Å²) in [4.78, 5) is 11.6. The number of nitrogen functional groups attached to an aromatic ring is 1. The van der Waals surface area contributed by atoms with Crippen LogP contribution in [0.25, 0.3) is 0 Å². The van der Waals surface area contributed by atoms with E-state index in [1.807, 2.05) is 6.92 Å². The third-order valence-electron chi connectivity index (χ3n) is 2.26. The van der Waals surface area contributed by atoms with Gasteiger partial charge in [-0.1, -0.05) is 18.5 Å². The monoisotopic (exact) mass is 288 g/mol. The number of benzene rings is 1. The van der Waals surface area contributed by atoms with Gasteiger partial charge in [0.05, 0.1) is 10.7 Å². The summed E-state index contributed by atoms with van der Waals surface area (Å²) in [7, 11) is -0.921. The highest BCUT2D eigenvalue weighted by molar-refractivity contribution is 7.84. The van der Waals surface area contributed by atoms with Crippen molar-refractivity contribution in [1.29, 1.82) is 0 Å². The summed E-state index contributed by atoms with van der Waals surface area (Å²) in [5, 5.41) is 3.07. The van der Waals surface area contributed by atoms with Gasteiger partial charge in [0.1, 0.15) is 0 Å². The quantitative estimate of drug-likeness (QED) is 0.790. The first-order valence-corrected chi connectivity index (χ1v) is 7.59. The van der Waals surface area contributed by atoms with Gasteiger partial charge in [-0.05, 0) is 24.6 Å². The van der Waals surface area contributed by atoms with Crippen LogP contribution in [0.5, 0.6) is 0 Å². The number of anilines is 2. The number of hydrogen-bond donors (Lipinski definition) is 2. The highest BCUT2D eigenvalue weighted by Crippen LogP contribution is 2.24. The Morgan fingerprint density at radius 3 is 2.78 bits per heavy atom. The molecule has 1 aromatic rings. The van der Waals surface area contributed by atoms with Crippen molar-refractivity contribution in [3.8, 4) is 0 Å². The van der Waals surface area contributed by atoms with Crippen molar-refractivity contribution >= 4 is 39.7 Å². The zero-order chi connectivity index (χ0) is 13.5. The molecule has 1 amide bonds. The van der Waals surface area contributed by atoms with E-state index in [-0.39, 0.29) is 12.3 Å². The van der Waals surface area contributed by atoms with Crippen LogP contribution in [0.1, 0.15) is 19.8 Å². The van der Waals surface area contributed by atoms with Crippen LogP contribution in [0.15, 0.2) is 18.2 Å². The van der Waals surface area contributed by atoms with Crippen LogP contribution in [-0.4, -0.2) is 21.6 Å². The first kappa shape index (κ1) is 15.0. The molecule has 1 atom stereocenters. The molecule has 0 heterocycles. The molecule has 100 valence electrons. The van der Waals surface area contributed by atoms with Gasteiger partial charge in [-0.25, -0.2) is 0 Å². The molecule has 0 saturated carbocycles. The number of carbonyl (C=O) groups excluding carboxylic acids is 1. The van der Waals surface area contributed by atoms with Crippen LogP contribution < -0.4 is 11.1 Å². The van der Waals surface area contributed by atoms with E-state index in [4.69, 9.17) is 17.3 Å². The lowest BCUT2D eigenvalue weighted by Gasteiger charge is -2.07. The molecule has 6 heteroatoms. The van der Waals surface area contributed by atoms with Crippen LogP contribution in [0.2, 0.25) is 5.02 Å². The fourth-order valence-corrected chi connectivity index (χ4v) is 2.69. The second-order valence-electron chi connectivity index (χ2n) is 3.89. The van der Waals surface area contributed by atoms with Crippen LogP contribution in [0, 0.1) is 0 Å². The van der Waals surface area contributed by atoms with Crippen LogP contribution in [0.3, 0.4) is 0 Å². The van der Waals surface area contributed by atoms with Gasteiger partial charge in [0.2, 0.25) is 5.91 Å². The topological polar surface area (TPSA) is 72.2 Å². The predicted molar refractivity (Wildman–Crippen MR) is 77.3 cm³/mol. The van der Waals surface area contributed by atoms with E-state index < -0.39 is 10.8 Å². The Balaban J connectivity index is 2.47. The van der Waals surface area contributed by atoms with Crippen molar-refractivity contribution in [3.05, 3.63) is 23.2 Å². The predicted octanol–water partition coefficient (Wildman–Crippen LogP) is 2.41. The van der Waals surface area contributed by atoms with E-state index in [1.54, 1.807) is 18.2 Å². The number of halogens is 1. The zero-order valence-electron chi connectivity index (χ0n) is 10.2. The summed E-state index contributed by atoms with van der Waals surface area (Å²) in [6.45, 7) is 1.96. The molecule has 4 nitrogen and oxygen atoms in total. The molecule has 0 aliphatic heterocycles. The second kappa shape index (κ2) is 7.38. The van der Waals surface area contributed by atoms with Crippen LogP contribution >= 0.6 is 11.6 Å². The lowest BCUT2D eigenvalue weighted by molar-refractivity contribution is -0.115. The first-order valence-electron chi connectivity index (χ1n) is 5.72. The zero-order valence-corrected chi connectivity index (χ0v) is 11.8. The number of carbonyl (C=O) groups is 1. The minimum absolute atomic E-state index is 0.189. The van der Waals surface area contributed by atoms with E-state index in [2.05, 4.69) is 5.32 Å². The second-order valence-corrected chi connectivity index (χ2v) is 5.99. The molecule has 0 aliphatic carbocycles. The van der Waals surface area contributed by atoms with Crippen LogP contribution in [0.4, 0.5) is 11.4 Å². The number of nitrogens with two attached hydrogens (primary N) is 1. The lowest BCUT2D eigenvalue weighted by Crippen LogP contribution is -2.16. The van der Waals surface area contributed by atoms with Gasteiger partial charge in [0, 0.05) is 34.4 Å². The summed E-state index contributed by atoms with van der Waals surface area (Å²) in [6.07, 6.45) is 1.09. The smallest absolute Gasteiger partial charge is 0.225 e. The van der Waals surface area contributed by atoms with Crippen molar-refractivity contribution in [1.82, 2.24) is 0 Å². The summed E-state index contributed by atoms with van der Waals surface area (Å²) >= 11 is 5.93. The molecule has 0 bridgehead atoms. The maximum Gasteiger partial charge on any atom is 0.225 e. The molecular weight excluding hydrogens is 272 g/mol. The standard InChI is InChI=1S/C12H17ClN2O2S/c1-2-6-18(17)7-5-12(16)15-11-4-3-9(14)8-10(11)13/h3-4,8H,2,5-7,14H2,1H3,(H,15,16). The van der Waals surface area contributed by atoms with E-state index >= 15 is 0 Å². The van der Waals surface area contributed by atoms with Crippen LogP contribution in [-0.2, 0) is 15.6 Å². The Morgan fingerprint density at radius 2 is 2.17 bits per heavy atom. The molecule has 0 spiro atoms. The Labute approximate surface area is 114 Å². The molecule has 1 aromatic carbocycles. The maximum atomic E-state index is 11.6. The summed E-state index contributed by atoms with van der Waals surface area (Å²) in [6, 6.07) is 4.89. The van der Waals surface area contributed by atoms with Crippen molar-refractivity contribution < 1.29 is 9.00 Å². The first-order chi connectivity index (χ1) is 8.52. The molecular formula is C12H17ClN2O2S. The third kappa shape index (κ3) is 5.06. The molecule has 1 rings (SSSR count). The Hall–Kier alpha value is -1.07. The number of nitrogens with one attached hydrogen (secondary N) is 1. The van der Waals surface area contributed by atoms with Crippen molar-refractivity contribution in [2.45, 2.75) is 19.8 Å². The van der Waals surface area contributed by atoms with Crippen molar-refractivity contribution in [3.63, 3.8) is 0 Å². The fourth-order valence-electron chi connectivity index (χ4n) is 1.38. The van der Waals surface area contributed by atoms with E-state index in [0.717, 1.165) is 6.42 Å². The summed E-state index contributed by atoms with van der Waals surface area (Å²) < 4.78 is 11.4. The molecule has 0 aromatic heterocycles. The third-order valence-corrected chi connectivity index (χ3v) is 4.09. The normalized spacial score (nSPS) is 12.1. The minimum Gasteiger partial charge on any atom is -0.399 e. The van der Waals surface area contributed by atoms with Crippen molar-refractivity contribution in [2.24, 2.45) is 0 Å². The Morgan fingerprint density at radius 1 is 1.44 bits per heavy atom. The van der Waals surface area contributed by atoms with Gasteiger partial charge in [-0.15, -0.1) is 0 Å². The largest absolute Gasteiger partial charge is 0.399 e. The SMILES string of the molecule is CCCS(=O)CCC(=O)Nc1ccc(N)cc1Cl. The van der Waals surface area contributed by atoms with E-state index in [9.17, 15) is 9.00 Å². The lowest BCUT2D eigenvalue weighted by atomic mass is 10.3. The van der Waals surface area contributed by atoms with Gasteiger partial charge in [0.25, 0.3) is 0 Å². The number of amides is 1. The fraction of sp³-hybridized carbons (Fsp3) is 0.417. The van der Waals surface area contributed by atoms with Gasteiger partial charge >= 0.3 is 0 Å². The van der Waals surface area contributed by atoms with Gasteiger partial charge < -0.3 is 11.1 Å². The molecule has 18 heavy (non-hydrogen) atoms. The molecule has 0 radical (unpaired) electrons. The Bertz CT molecular complexity index is 452. The average Bonchev–Trinajstić information content (AvgIpc) is 2.31. The van der Waals surface area contributed by atoms with E-state index in [0.29, 0.717) is 27.9 Å². The maximum absolute atomic E-state index is 11.6. The average molecular weight is 289 g/mol. The molecule has 0 saturated heterocycles. The summed E-state index contributed by atoms with van der Waals surface area (Å²) in [5.74, 6) is 0.827. The molecule has 0 fully saturated rings. The molecule has 0 aliphatic rings. The van der Waals surface area contributed by atoms with Gasteiger partial charge in [-0.2, -0.15) is 0 Å². The highest BCUT2D eigenvalue weighted by atomic mass is 35.5. The number of hydrogen-bond acceptors (Lipinski definition) is 3. The highest BCUT2D eigenvalue weighted by Gasteiger charge is 2.08. The summed E-state index contributed by atoms with van der Waals surface area (Å²) in [5.41, 5.74) is 6.62. The van der Waals surface area contributed by atoms with E-state index in [1.165, 1.54) is 0 Å². The Kier molecular flexibility index (Phi) is 6.15. The molecule has 3 N–H and O–H groups in total. The van der Waals surface area contributed by atoms with Crippen molar-refractivity contribution in [2.75, 3.05) is 22.6 Å². The minimum atomic E-state index is -0.921. The molecule has 1 unspecified atom stereocenters. The van der Waals surface area contributed by atoms with Gasteiger partial charge in [0.15, 0.2) is 0 Å². The number of rotatable bonds is 6. The van der Waals surface area contributed by atoms with Gasteiger partial charge in [-0.3, -0.25) is 9.00 Å².